The Bertz CT molecular complexity index is 425. The van der Waals surface area contributed by atoms with Gasteiger partial charge < -0.3 is 10.5 Å². The maximum absolute atomic E-state index is 6.40. The van der Waals surface area contributed by atoms with Crippen LogP contribution in [0.3, 0.4) is 0 Å². The number of nitrogens with two attached hydrogens (primary N) is 1. The predicted molar refractivity (Wildman–Crippen MR) is 78.8 cm³/mol. The molecule has 18 heavy (non-hydrogen) atoms. The molecule has 0 heterocycles. The maximum Gasteiger partial charge on any atom is 0.125 e. The number of halogens is 1. The zero-order chi connectivity index (χ0) is 13.9. The smallest absolute Gasteiger partial charge is 0.125 e. The normalized spacial score (nSPS) is 12.6. The van der Waals surface area contributed by atoms with E-state index in [1.54, 1.807) is 7.11 Å². The zero-order valence-corrected chi connectivity index (χ0v) is 12.8. The lowest BCUT2D eigenvalue weighted by Gasteiger charge is -2.21. The molecule has 0 saturated carbocycles. The van der Waals surface area contributed by atoms with Gasteiger partial charge in [-0.25, -0.2) is 0 Å². The van der Waals surface area contributed by atoms with Gasteiger partial charge in [0, 0.05) is 5.02 Å². The van der Waals surface area contributed by atoms with Gasteiger partial charge in [0.2, 0.25) is 0 Å². The highest BCUT2D eigenvalue weighted by molar-refractivity contribution is 6.32. The molecule has 0 spiro atoms. The van der Waals surface area contributed by atoms with E-state index in [4.69, 9.17) is 22.1 Å². The monoisotopic (exact) mass is 269 g/mol. The van der Waals surface area contributed by atoms with Crippen LogP contribution in [0.4, 0.5) is 0 Å². The van der Waals surface area contributed by atoms with Gasteiger partial charge in [-0.2, -0.15) is 0 Å². The average molecular weight is 270 g/mol. The highest BCUT2D eigenvalue weighted by atomic mass is 35.5. The Hall–Kier alpha value is -0.730. The van der Waals surface area contributed by atoms with Crippen LogP contribution < -0.4 is 10.5 Å². The molecule has 0 aliphatic carbocycles. The number of methoxy groups -OCH3 is 1. The summed E-state index contributed by atoms with van der Waals surface area (Å²) in [4.78, 5) is 0. The van der Waals surface area contributed by atoms with E-state index in [-0.39, 0.29) is 0 Å². The van der Waals surface area contributed by atoms with Gasteiger partial charge in [-0.15, -0.1) is 0 Å². The van der Waals surface area contributed by atoms with Crippen molar-refractivity contribution in [1.82, 2.24) is 0 Å². The quantitative estimate of drug-likeness (QED) is 0.882. The van der Waals surface area contributed by atoms with E-state index in [1.807, 2.05) is 6.92 Å². The highest BCUT2D eigenvalue weighted by Crippen LogP contribution is 2.37. The number of rotatable bonds is 5. The van der Waals surface area contributed by atoms with Crippen molar-refractivity contribution in [1.29, 1.82) is 0 Å². The van der Waals surface area contributed by atoms with Crippen molar-refractivity contribution >= 4 is 11.6 Å². The minimum absolute atomic E-state index is 0.482. The van der Waals surface area contributed by atoms with Gasteiger partial charge in [-0.05, 0) is 61.9 Å². The molecule has 2 N–H and O–H groups in total. The summed E-state index contributed by atoms with van der Waals surface area (Å²) in [5, 5.41) is 0.857. The molecule has 0 aliphatic rings. The summed E-state index contributed by atoms with van der Waals surface area (Å²) in [7, 11) is 1.72. The van der Waals surface area contributed by atoms with Crippen molar-refractivity contribution in [3.05, 3.63) is 27.3 Å². The summed E-state index contributed by atoms with van der Waals surface area (Å²) in [5.41, 5.74) is 10.4. The summed E-state index contributed by atoms with van der Waals surface area (Å²) >= 11 is 6.40. The van der Waals surface area contributed by atoms with Crippen molar-refractivity contribution < 1.29 is 4.74 Å². The Kier molecular flexibility index (Phi) is 5.48. The minimum Gasteiger partial charge on any atom is -0.496 e. The van der Waals surface area contributed by atoms with E-state index in [0.717, 1.165) is 40.3 Å². The Morgan fingerprint density at radius 3 is 2.22 bits per heavy atom. The third kappa shape index (κ3) is 2.81. The van der Waals surface area contributed by atoms with Gasteiger partial charge in [0.1, 0.15) is 5.75 Å². The van der Waals surface area contributed by atoms with Crippen LogP contribution in [-0.2, 0) is 6.42 Å². The molecule has 0 aliphatic heterocycles. The lowest BCUT2D eigenvalue weighted by Crippen LogP contribution is -2.17. The summed E-state index contributed by atoms with van der Waals surface area (Å²) in [6, 6.07) is 0. The SMILES string of the molecule is CCC(CN)Cc1c(C)c(Cl)c(C)c(C)c1OC. The third-order valence-electron chi connectivity index (χ3n) is 3.90. The molecule has 0 aromatic heterocycles. The van der Waals surface area contributed by atoms with Crippen LogP contribution in [-0.4, -0.2) is 13.7 Å². The van der Waals surface area contributed by atoms with Gasteiger partial charge in [0.15, 0.2) is 0 Å². The molecule has 0 radical (unpaired) electrons. The summed E-state index contributed by atoms with van der Waals surface area (Å²) < 4.78 is 5.58. The van der Waals surface area contributed by atoms with Crippen molar-refractivity contribution in [3.8, 4) is 5.75 Å². The van der Waals surface area contributed by atoms with Gasteiger partial charge in [0.05, 0.1) is 7.11 Å². The zero-order valence-electron chi connectivity index (χ0n) is 12.1. The van der Waals surface area contributed by atoms with E-state index >= 15 is 0 Å². The van der Waals surface area contributed by atoms with Gasteiger partial charge in [0.25, 0.3) is 0 Å². The summed E-state index contributed by atoms with van der Waals surface area (Å²) in [6.07, 6.45) is 2.01. The molecule has 1 rings (SSSR count). The maximum atomic E-state index is 6.40. The molecule has 3 heteroatoms. The fraction of sp³-hybridized carbons (Fsp3) is 0.600. The fourth-order valence-electron chi connectivity index (χ4n) is 2.35. The molecule has 1 atom stereocenters. The van der Waals surface area contributed by atoms with Crippen LogP contribution >= 0.6 is 11.6 Å². The van der Waals surface area contributed by atoms with E-state index in [9.17, 15) is 0 Å². The molecule has 0 amide bonds. The van der Waals surface area contributed by atoms with Crippen LogP contribution in [0.15, 0.2) is 0 Å². The number of hydrogen-bond donors (Lipinski definition) is 1. The van der Waals surface area contributed by atoms with Crippen LogP contribution in [0, 0.1) is 26.7 Å². The molecule has 0 saturated heterocycles. The fourth-order valence-corrected chi connectivity index (χ4v) is 2.61. The summed E-state index contributed by atoms with van der Waals surface area (Å²) in [6.45, 7) is 9.03. The van der Waals surface area contributed by atoms with E-state index < -0.39 is 0 Å². The highest BCUT2D eigenvalue weighted by Gasteiger charge is 2.19. The molecule has 1 aromatic carbocycles. The first-order chi connectivity index (χ1) is 8.47. The lowest BCUT2D eigenvalue weighted by atomic mass is 9.90. The first-order valence-corrected chi connectivity index (χ1v) is 6.87. The lowest BCUT2D eigenvalue weighted by molar-refractivity contribution is 0.399. The first-order valence-electron chi connectivity index (χ1n) is 6.50. The molecule has 0 fully saturated rings. The van der Waals surface area contributed by atoms with E-state index in [1.165, 1.54) is 5.56 Å². The molecule has 1 aromatic rings. The van der Waals surface area contributed by atoms with Crippen LogP contribution in [0.25, 0.3) is 0 Å². The Balaban J connectivity index is 3.33. The first kappa shape index (κ1) is 15.3. The number of ether oxygens (including phenoxy) is 1. The molecular weight excluding hydrogens is 246 g/mol. The number of benzene rings is 1. The van der Waals surface area contributed by atoms with Crippen LogP contribution in [0.5, 0.6) is 5.75 Å². The molecular formula is C15H24ClNO. The minimum atomic E-state index is 0.482. The average Bonchev–Trinajstić information content (AvgIpc) is 2.39. The van der Waals surface area contributed by atoms with Crippen molar-refractivity contribution in [2.75, 3.05) is 13.7 Å². The predicted octanol–water partition coefficient (Wildman–Crippen LogP) is 3.80. The van der Waals surface area contributed by atoms with Crippen molar-refractivity contribution in [2.45, 2.75) is 40.5 Å². The van der Waals surface area contributed by atoms with Gasteiger partial charge in [-0.3, -0.25) is 0 Å². The Morgan fingerprint density at radius 2 is 1.78 bits per heavy atom. The van der Waals surface area contributed by atoms with E-state index in [0.29, 0.717) is 12.5 Å². The third-order valence-corrected chi connectivity index (χ3v) is 4.46. The second-order valence-electron chi connectivity index (χ2n) is 4.91. The molecule has 0 bridgehead atoms. The van der Waals surface area contributed by atoms with Crippen LogP contribution in [0.1, 0.15) is 35.6 Å². The largest absolute Gasteiger partial charge is 0.496 e. The van der Waals surface area contributed by atoms with Gasteiger partial charge in [-0.1, -0.05) is 24.9 Å². The standard InChI is InChI=1S/C15H24ClNO/c1-6-12(8-17)7-13-11(4)14(16)9(2)10(3)15(13)18-5/h12H,6-8,17H2,1-5H3. The summed E-state index contributed by atoms with van der Waals surface area (Å²) in [5.74, 6) is 1.46. The second-order valence-corrected chi connectivity index (χ2v) is 5.29. The topological polar surface area (TPSA) is 35.2 Å². The Morgan fingerprint density at radius 1 is 1.17 bits per heavy atom. The van der Waals surface area contributed by atoms with Crippen LogP contribution in [0.2, 0.25) is 5.02 Å². The van der Waals surface area contributed by atoms with E-state index in [2.05, 4.69) is 20.8 Å². The molecule has 1 unspecified atom stereocenters. The van der Waals surface area contributed by atoms with Gasteiger partial charge >= 0.3 is 0 Å². The Labute approximate surface area is 115 Å². The second kappa shape index (κ2) is 6.44. The van der Waals surface area contributed by atoms with Crippen molar-refractivity contribution in [2.24, 2.45) is 11.7 Å². The van der Waals surface area contributed by atoms with Crippen molar-refractivity contribution in [3.63, 3.8) is 0 Å². The number of hydrogen-bond acceptors (Lipinski definition) is 2. The molecule has 2 nitrogen and oxygen atoms in total. The molecule has 102 valence electrons.